The minimum atomic E-state index is -1.92. The summed E-state index contributed by atoms with van der Waals surface area (Å²) in [6.45, 7) is 17.7. The molecule has 6 rings (SSSR count). The second kappa shape index (κ2) is 11.1. The molecular weight excluding hydrogens is 600 g/mol. The first-order valence-electron chi connectivity index (χ1n) is 17.9. The Kier molecular flexibility index (Phi) is 8.19. The molecule has 1 saturated heterocycles. The van der Waals surface area contributed by atoms with Crippen LogP contribution in [0.3, 0.4) is 0 Å². The maximum Gasteiger partial charge on any atom is 0.343 e. The highest BCUT2D eigenvalue weighted by Gasteiger charge is 2.69. The van der Waals surface area contributed by atoms with Gasteiger partial charge in [0.15, 0.2) is 6.10 Å². The minimum Gasteiger partial charge on any atom is -0.462 e. The third kappa shape index (κ3) is 4.98. The maximum absolute atomic E-state index is 14.2. The summed E-state index contributed by atoms with van der Waals surface area (Å²) in [6, 6.07) is 0. The molecule has 0 spiro atoms. The van der Waals surface area contributed by atoms with Gasteiger partial charge in [-0.05, 0) is 104 Å². The highest BCUT2D eigenvalue weighted by molar-refractivity contribution is 6.09. The summed E-state index contributed by atoms with van der Waals surface area (Å²) in [5.41, 5.74) is 0.636. The first kappa shape index (κ1) is 34.6. The van der Waals surface area contributed by atoms with Crippen molar-refractivity contribution in [3.8, 4) is 0 Å². The van der Waals surface area contributed by atoms with Crippen LogP contribution in [0.2, 0.25) is 0 Å². The summed E-state index contributed by atoms with van der Waals surface area (Å²) in [7, 11) is 0. The number of hydrogen-bond donors (Lipinski definition) is 2. The van der Waals surface area contributed by atoms with Crippen molar-refractivity contribution in [2.45, 2.75) is 144 Å². The number of allylic oxidation sites excluding steroid dienone is 2. The molecule has 1 heterocycles. The maximum atomic E-state index is 14.2. The van der Waals surface area contributed by atoms with Gasteiger partial charge in [0.05, 0.1) is 5.41 Å². The highest BCUT2D eigenvalue weighted by atomic mass is 16.6. The summed E-state index contributed by atoms with van der Waals surface area (Å²) in [5, 5.41) is 20.4. The number of hydrogen-bond acceptors (Lipinski definition) is 9. The van der Waals surface area contributed by atoms with Crippen LogP contribution in [0.4, 0.5) is 0 Å². The number of aliphatic hydroxyl groups excluding tert-OH is 2. The van der Waals surface area contributed by atoms with E-state index in [4.69, 9.17) is 14.2 Å². The molecule has 0 aromatic carbocycles. The number of ether oxygens (including phenoxy) is 3. The lowest BCUT2D eigenvalue weighted by atomic mass is 9.33. The van der Waals surface area contributed by atoms with Crippen LogP contribution in [-0.2, 0) is 33.4 Å². The lowest BCUT2D eigenvalue weighted by Gasteiger charge is -2.71. The number of fused-ring (bicyclic) bond motifs is 7. The lowest BCUT2D eigenvalue weighted by Crippen LogP contribution is -2.65. The van der Waals surface area contributed by atoms with E-state index in [-0.39, 0.29) is 51.0 Å². The van der Waals surface area contributed by atoms with Gasteiger partial charge in [-0.15, -0.1) is 0 Å². The molecule has 0 bridgehead atoms. The standard InChI is InChI=1S/C38H56O9/c1-21(39)46-27-12-13-35(6)25(34(27,4)5)11-14-37(8)26(35)10-9-22-23-19-33(2,3)15-17-38(23,18-16-36(22,37)7)32(44)45-20-24(40)30-28(41)29(42)31(43)47-30/h9,23-27,29-30,40,42H,10-20H2,1-8H3/t23-,24-,25-,26+,27-,29?,30+,35-,36+,37+,38-/m0/s1. The fraction of sp³-hybridized carbons (Fsp3) is 0.842. The largest absolute Gasteiger partial charge is 0.462 e. The molecule has 0 radical (unpaired) electrons. The predicted octanol–water partition coefficient (Wildman–Crippen LogP) is 5.48. The van der Waals surface area contributed by atoms with E-state index >= 15 is 0 Å². The average Bonchev–Trinajstić information content (AvgIpc) is 3.24. The molecule has 5 fully saturated rings. The van der Waals surface area contributed by atoms with Crippen LogP contribution in [0.5, 0.6) is 0 Å². The summed E-state index contributed by atoms with van der Waals surface area (Å²) in [6.07, 6.45) is 6.46. The van der Waals surface area contributed by atoms with Gasteiger partial charge in [0, 0.05) is 12.3 Å². The molecule has 0 aromatic rings. The Labute approximate surface area is 279 Å². The number of cyclic esters (lactones) is 1. The molecule has 1 unspecified atom stereocenters. The van der Waals surface area contributed by atoms with Crippen LogP contribution < -0.4 is 0 Å². The van der Waals surface area contributed by atoms with Crippen LogP contribution in [0.1, 0.15) is 120 Å². The molecule has 2 N–H and O–H groups in total. The van der Waals surface area contributed by atoms with E-state index in [2.05, 4.69) is 54.5 Å². The molecule has 9 heteroatoms. The third-order valence-corrected chi connectivity index (χ3v) is 15.0. The monoisotopic (exact) mass is 656 g/mol. The number of rotatable bonds is 5. The van der Waals surface area contributed by atoms with Gasteiger partial charge in [-0.3, -0.25) is 14.4 Å². The highest BCUT2D eigenvalue weighted by Crippen LogP contribution is 2.76. The quantitative estimate of drug-likeness (QED) is 0.171. The topological polar surface area (TPSA) is 136 Å². The predicted molar refractivity (Wildman–Crippen MR) is 172 cm³/mol. The number of carbonyl (C=O) groups excluding carboxylic acids is 4. The minimum absolute atomic E-state index is 0.00172. The summed E-state index contributed by atoms with van der Waals surface area (Å²) in [5.74, 6) is -1.65. The van der Waals surface area contributed by atoms with E-state index in [1.165, 1.54) is 12.5 Å². The second-order valence-corrected chi connectivity index (χ2v) is 18.2. The molecule has 1 aliphatic heterocycles. The van der Waals surface area contributed by atoms with Gasteiger partial charge >= 0.3 is 17.9 Å². The van der Waals surface area contributed by atoms with Gasteiger partial charge in [-0.25, -0.2) is 4.79 Å². The number of carbonyl (C=O) groups is 4. The van der Waals surface area contributed by atoms with Crippen molar-refractivity contribution in [1.82, 2.24) is 0 Å². The summed E-state index contributed by atoms with van der Waals surface area (Å²) >= 11 is 0. The zero-order valence-corrected chi connectivity index (χ0v) is 29.6. The van der Waals surface area contributed by atoms with Gasteiger partial charge in [0.1, 0.15) is 18.8 Å². The van der Waals surface area contributed by atoms with Crippen molar-refractivity contribution in [2.24, 2.45) is 50.2 Å². The molecule has 47 heavy (non-hydrogen) atoms. The smallest absolute Gasteiger partial charge is 0.343 e. The molecule has 9 nitrogen and oxygen atoms in total. The van der Waals surface area contributed by atoms with E-state index in [0.717, 1.165) is 51.4 Å². The summed E-state index contributed by atoms with van der Waals surface area (Å²) in [4.78, 5) is 50.1. The van der Waals surface area contributed by atoms with E-state index in [0.29, 0.717) is 24.7 Å². The van der Waals surface area contributed by atoms with E-state index in [1.54, 1.807) is 0 Å². The van der Waals surface area contributed by atoms with Crippen LogP contribution in [0.15, 0.2) is 11.6 Å². The normalized spacial score (nSPS) is 45.6. The molecule has 11 atom stereocenters. The third-order valence-electron chi connectivity index (χ3n) is 15.0. The van der Waals surface area contributed by atoms with E-state index < -0.39 is 42.1 Å². The molecule has 262 valence electrons. The molecule has 6 aliphatic rings. The average molecular weight is 657 g/mol. The molecule has 5 aliphatic carbocycles. The Balaban J connectivity index is 1.29. The van der Waals surface area contributed by atoms with Gasteiger partial charge in [-0.2, -0.15) is 0 Å². The fourth-order valence-corrected chi connectivity index (χ4v) is 12.2. The van der Waals surface area contributed by atoms with E-state index in [1.807, 2.05) is 0 Å². The van der Waals surface area contributed by atoms with Gasteiger partial charge in [0.25, 0.3) is 0 Å². The van der Waals surface area contributed by atoms with Crippen molar-refractivity contribution >= 4 is 23.7 Å². The molecule has 0 amide bonds. The Morgan fingerprint density at radius 3 is 2.28 bits per heavy atom. The number of Topliss-reactive ketones (excluding diaryl/α,β-unsaturated/α-hetero) is 1. The number of aliphatic hydroxyl groups is 2. The molecule has 4 saturated carbocycles. The van der Waals surface area contributed by atoms with Crippen LogP contribution in [0.25, 0.3) is 0 Å². The number of esters is 3. The Hall–Kier alpha value is -2.26. The van der Waals surface area contributed by atoms with Crippen molar-refractivity contribution in [1.29, 1.82) is 0 Å². The lowest BCUT2D eigenvalue weighted by molar-refractivity contribution is -0.214. The zero-order valence-electron chi connectivity index (χ0n) is 29.6. The Bertz CT molecular complexity index is 1380. The molecule has 0 aromatic heterocycles. The van der Waals surface area contributed by atoms with Gasteiger partial charge in [0.2, 0.25) is 11.9 Å². The Morgan fingerprint density at radius 2 is 1.64 bits per heavy atom. The van der Waals surface area contributed by atoms with Crippen LogP contribution >= 0.6 is 0 Å². The second-order valence-electron chi connectivity index (χ2n) is 18.2. The summed E-state index contributed by atoms with van der Waals surface area (Å²) < 4.78 is 16.6. The van der Waals surface area contributed by atoms with Crippen molar-refractivity contribution in [3.63, 3.8) is 0 Å². The number of ketones is 1. The van der Waals surface area contributed by atoms with Crippen LogP contribution in [-0.4, -0.2) is 64.9 Å². The van der Waals surface area contributed by atoms with Crippen molar-refractivity contribution < 1.29 is 43.6 Å². The van der Waals surface area contributed by atoms with Gasteiger partial charge in [-0.1, -0.05) is 60.1 Å². The Morgan fingerprint density at radius 1 is 0.957 bits per heavy atom. The SMILES string of the molecule is CC(=O)O[C@H]1CC[C@]2(C)[C@H]3CC=C4[C@@H]5CC(C)(C)CC[C@]5(C(=O)OC[C@H](O)[C@H]5OC(=O)C(O)C5=O)CC[C@@]4(C)[C@]3(C)CC[C@H]2C1(C)C. The van der Waals surface area contributed by atoms with Crippen molar-refractivity contribution in [2.75, 3.05) is 6.61 Å². The van der Waals surface area contributed by atoms with Crippen molar-refractivity contribution in [3.05, 3.63) is 11.6 Å². The van der Waals surface area contributed by atoms with Gasteiger partial charge < -0.3 is 24.4 Å². The fourth-order valence-electron chi connectivity index (χ4n) is 12.2. The first-order valence-corrected chi connectivity index (χ1v) is 17.9. The first-order chi connectivity index (χ1) is 21.7. The van der Waals surface area contributed by atoms with Crippen LogP contribution in [0, 0.1) is 50.2 Å². The molecular formula is C38H56O9. The van der Waals surface area contributed by atoms with E-state index in [9.17, 15) is 29.4 Å². The zero-order chi connectivity index (χ0) is 34.5.